The van der Waals surface area contributed by atoms with E-state index in [2.05, 4.69) is 25.3 Å². The van der Waals surface area contributed by atoms with Gasteiger partial charge in [-0.25, -0.2) is 4.68 Å². The first-order valence-electron chi connectivity index (χ1n) is 5.93. The van der Waals surface area contributed by atoms with Crippen molar-refractivity contribution >= 4 is 11.9 Å². The molecular weight excluding hydrogens is 248 g/mol. The van der Waals surface area contributed by atoms with Crippen molar-refractivity contribution in [1.82, 2.24) is 29.9 Å². The quantitative estimate of drug-likeness (QED) is 0.740. The molecule has 0 bridgehead atoms. The number of nitrogens with zero attached hydrogens (tertiary/aromatic N) is 7. The number of aryl methyl sites for hydroxylation is 1. The predicted octanol–water partition coefficient (Wildman–Crippen LogP) is -0.914. The minimum absolute atomic E-state index is 0.188. The fourth-order valence-corrected chi connectivity index (χ4v) is 1.89. The summed E-state index contributed by atoms with van der Waals surface area (Å²) in [4.78, 5) is 14.8. The maximum atomic E-state index is 5.75. The van der Waals surface area contributed by atoms with Gasteiger partial charge < -0.3 is 15.4 Å². The summed E-state index contributed by atoms with van der Waals surface area (Å²) in [6, 6.07) is 0. The molecule has 0 amide bonds. The maximum Gasteiger partial charge on any atom is 0.230 e. The minimum Gasteiger partial charge on any atom is -0.378 e. The van der Waals surface area contributed by atoms with E-state index < -0.39 is 0 Å². The van der Waals surface area contributed by atoms with E-state index in [1.54, 1.807) is 17.9 Å². The Labute approximate surface area is 109 Å². The van der Waals surface area contributed by atoms with Crippen molar-refractivity contribution in [2.45, 2.75) is 0 Å². The topological polar surface area (TPSA) is 108 Å². The standard InChI is InChI=1S/C10H14N8O/c1-17-7(6-12-16-17)8-13-9(11)15-10(14-8)18-2-4-19-5-3-18/h6H,2-5H2,1H3,(H2,11,13,14,15). The molecule has 0 aromatic carbocycles. The van der Waals surface area contributed by atoms with Gasteiger partial charge in [-0.05, 0) is 0 Å². The summed E-state index contributed by atoms with van der Waals surface area (Å²) < 4.78 is 6.90. The normalized spacial score (nSPS) is 15.7. The number of hydrogen-bond donors (Lipinski definition) is 1. The summed E-state index contributed by atoms with van der Waals surface area (Å²) in [6.07, 6.45) is 1.60. The highest BCUT2D eigenvalue weighted by molar-refractivity contribution is 5.52. The lowest BCUT2D eigenvalue weighted by Crippen LogP contribution is -2.37. The van der Waals surface area contributed by atoms with Gasteiger partial charge in [0.25, 0.3) is 0 Å². The molecule has 0 atom stereocenters. The Morgan fingerprint density at radius 3 is 2.68 bits per heavy atom. The molecule has 100 valence electrons. The molecule has 2 aromatic heterocycles. The molecule has 0 saturated carbocycles. The molecule has 2 N–H and O–H groups in total. The third kappa shape index (κ3) is 2.32. The first-order chi connectivity index (χ1) is 9.24. The fourth-order valence-electron chi connectivity index (χ4n) is 1.89. The van der Waals surface area contributed by atoms with E-state index in [9.17, 15) is 0 Å². The second kappa shape index (κ2) is 4.76. The van der Waals surface area contributed by atoms with Crippen molar-refractivity contribution < 1.29 is 4.74 Å². The highest BCUT2D eigenvalue weighted by atomic mass is 16.5. The number of hydrogen-bond acceptors (Lipinski definition) is 8. The highest BCUT2D eigenvalue weighted by Gasteiger charge is 2.17. The highest BCUT2D eigenvalue weighted by Crippen LogP contribution is 2.17. The lowest BCUT2D eigenvalue weighted by atomic mass is 10.4. The molecule has 3 heterocycles. The SMILES string of the molecule is Cn1nncc1-c1nc(N)nc(N2CCOCC2)n1. The van der Waals surface area contributed by atoms with E-state index in [1.807, 2.05) is 4.90 Å². The summed E-state index contributed by atoms with van der Waals surface area (Å²) in [6.45, 7) is 2.81. The van der Waals surface area contributed by atoms with Gasteiger partial charge >= 0.3 is 0 Å². The smallest absolute Gasteiger partial charge is 0.230 e. The minimum atomic E-state index is 0.188. The van der Waals surface area contributed by atoms with E-state index in [0.717, 1.165) is 13.1 Å². The number of anilines is 2. The van der Waals surface area contributed by atoms with Gasteiger partial charge in [0.2, 0.25) is 11.9 Å². The van der Waals surface area contributed by atoms with Crippen molar-refractivity contribution in [1.29, 1.82) is 0 Å². The van der Waals surface area contributed by atoms with Gasteiger partial charge in [-0.1, -0.05) is 5.21 Å². The van der Waals surface area contributed by atoms with Crippen molar-refractivity contribution in [3.8, 4) is 11.5 Å². The van der Waals surface area contributed by atoms with Gasteiger partial charge in [0.15, 0.2) is 5.82 Å². The van der Waals surface area contributed by atoms with Crippen LogP contribution in [0, 0.1) is 0 Å². The Balaban J connectivity index is 1.98. The lowest BCUT2D eigenvalue weighted by molar-refractivity contribution is 0.122. The average Bonchev–Trinajstić information content (AvgIpc) is 2.85. The summed E-state index contributed by atoms with van der Waals surface area (Å²) in [7, 11) is 1.77. The van der Waals surface area contributed by atoms with Crippen molar-refractivity contribution in [3.05, 3.63) is 6.20 Å². The van der Waals surface area contributed by atoms with Crippen LogP contribution in [-0.4, -0.2) is 56.2 Å². The van der Waals surface area contributed by atoms with Crippen LogP contribution < -0.4 is 10.6 Å². The maximum absolute atomic E-state index is 5.75. The average molecular weight is 262 g/mol. The third-order valence-corrected chi connectivity index (χ3v) is 2.88. The van der Waals surface area contributed by atoms with Gasteiger partial charge in [-0.2, -0.15) is 15.0 Å². The molecule has 0 aliphatic carbocycles. The van der Waals surface area contributed by atoms with Crippen LogP contribution in [0.4, 0.5) is 11.9 Å². The first-order valence-corrected chi connectivity index (χ1v) is 5.93. The Kier molecular flexibility index (Phi) is 2.95. The molecule has 3 rings (SSSR count). The van der Waals surface area contributed by atoms with Crippen molar-refractivity contribution in [3.63, 3.8) is 0 Å². The lowest BCUT2D eigenvalue weighted by Gasteiger charge is -2.26. The van der Waals surface area contributed by atoms with Crippen LogP contribution in [0.5, 0.6) is 0 Å². The van der Waals surface area contributed by atoms with Crippen LogP contribution in [0.15, 0.2) is 6.20 Å². The molecule has 0 radical (unpaired) electrons. The zero-order valence-corrected chi connectivity index (χ0v) is 10.5. The zero-order chi connectivity index (χ0) is 13.2. The molecule has 0 spiro atoms. The summed E-state index contributed by atoms with van der Waals surface area (Å²) in [5.41, 5.74) is 6.45. The Morgan fingerprint density at radius 2 is 2.00 bits per heavy atom. The summed E-state index contributed by atoms with van der Waals surface area (Å²) in [5, 5.41) is 7.66. The number of nitrogens with two attached hydrogens (primary N) is 1. The second-order valence-electron chi connectivity index (χ2n) is 4.16. The van der Waals surface area contributed by atoms with Crippen molar-refractivity contribution in [2.75, 3.05) is 36.9 Å². The summed E-state index contributed by atoms with van der Waals surface area (Å²) in [5.74, 6) is 1.22. The van der Waals surface area contributed by atoms with Crippen LogP contribution in [-0.2, 0) is 11.8 Å². The van der Waals surface area contributed by atoms with Gasteiger partial charge in [0, 0.05) is 20.1 Å². The number of morpholine rings is 1. The Morgan fingerprint density at radius 1 is 1.21 bits per heavy atom. The van der Waals surface area contributed by atoms with Crippen LogP contribution in [0.1, 0.15) is 0 Å². The van der Waals surface area contributed by atoms with Crippen molar-refractivity contribution in [2.24, 2.45) is 7.05 Å². The zero-order valence-electron chi connectivity index (χ0n) is 10.5. The Hall–Kier alpha value is -2.29. The molecule has 9 nitrogen and oxygen atoms in total. The predicted molar refractivity (Wildman–Crippen MR) is 67.3 cm³/mol. The molecule has 19 heavy (non-hydrogen) atoms. The largest absolute Gasteiger partial charge is 0.378 e. The van der Waals surface area contributed by atoms with Crippen LogP contribution in [0.3, 0.4) is 0 Å². The molecule has 1 fully saturated rings. The first kappa shape index (κ1) is 11.8. The van der Waals surface area contributed by atoms with Crippen LogP contribution in [0.25, 0.3) is 11.5 Å². The third-order valence-electron chi connectivity index (χ3n) is 2.88. The van der Waals surface area contributed by atoms with Gasteiger partial charge in [-0.3, -0.25) is 0 Å². The molecule has 1 saturated heterocycles. The van der Waals surface area contributed by atoms with E-state index in [1.165, 1.54) is 0 Å². The molecular formula is C10H14N8O. The number of ether oxygens (including phenoxy) is 1. The van der Waals surface area contributed by atoms with E-state index >= 15 is 0 Å². The number of nitrogen functional groups attached to an aromatic ring is 1. The fraction of sp³-hybridized carbons (Fsp3) is 0.500. The molecule has 9 heteroatoms. The van der Waals surface area contributed by atoms with E-state index in [-0.39, 0.29) is 5.95 Å². The monoisotopic (exact) mass is 262 g/mol. The van der Waals surface area contributed by atoms with Gasteiger partial charge in [0.1, 0.15) is 5.69 Å². The van der Waals surface area contributed by atoms with Gasteiger partial charge in [-0.15, -0.1) is 5.10 Å². The Bertz CT molecular complexity index is 577. The molecule has 2 aromatic rings. The van der Waals surface area contributed by atoms with Crippen LogP contribution in [0.2, 0.25) is 0 Å². The van der Waals surface area contributed by atoms with Crippen LogP contribution >= 0.6 is 0 Å². The number of rotatable bonds is 2. The second-order valence-corrected chi connectivity index (χ2v) is 4.16. The summed E-state index contributed by atoms with van der Waals surface area (Å²) >= 11 is 0. The molecule has 1 aliphatic heterocycles. The van der Waals surface area contributed by atoms with Gasteiger partial charge in [0.05, 0.1) is 19.4 Å². The number of aromatic nitrogens is 6. The molecule has 1 aliphatic rings. The molecule has 0 unspecified atom stereocenters. The van der Waals surface area contributed by atoms with E-state index in [0.29, 0.717) is 30.7 Å². The van der Waals surface area contributed by atoms with E-state index in [4.69, 9.17) is 10.5 Å².